The Kier molecular flexibility index (Phi) is 6.56. The molecule has 31 heavy (non-hydrogen) atoms. The molecule has 164 valence electrons. The Morgan fingerprint density at radius 2 is 1.87 bits per heavy atom. The molecule has 3 nitrogen and oxygen atoms in total. The molecule has 1 aliphatic carbocycles. The zero-order chi connectivity index (χ0) is 22.0. The molecule has 1 aromatic carbocycles. The van der Waals surface area contributed by atoms with E-state index in [-0.39, 0.29) is 5.56 Å². The number of hydrogen-bond acceptors (Lipinski definition) is 3. The average Bonchev–Trinajstić information content (AvgIpc) is 3.45. The molecule has 3 heterocycles. The Labute approximate surface area is 187 Å². The molecule has 3 aliphatic rings. The summed E-state index contributed by atoms with van der Waals surface area (Å²) in [6.45, 7) is 7.86. The first-order valence-electron chi connectivity index (χ1n) is 11.0. The number of hydrogen-bond donors (Lipinski definition) is 2. The predicted molar refractivity (Wildman–Crippen MR) is 125 cm³/mol. The molecule has 2 N–H and O–H groups in total. The van der Waals surface area contributed by atoms with E-state index in [4.69, 9.17) is 0 Å². The van der Waals surface area contributed by atoms with Gasteiger partial charge in [-0.2, -0.15) is 0 Å². The van der Waals surface area contributed by atoms with Crippen molar-refractivity contribution in [3.05, 3.63) is 81.7 Å². The average molecular weight is 442 g/mol. The summed E-state index contributed by atoms with van der Waals surface area (Å²) < 4.78 is 28.4. The van der Waals surface area contributed by atoms with Gasteiger partial charge < -0.3 is 15.2 Å². The molecule has 0 spiro atoms. The molecule has 0 radical (unpaired) electrons. The third-order valence-corrected chi connectivity index (χ3v) is 6.98. The van der Waals surface area contributed by atoms with Crippen LogP contribution in [0.1, 0.15) is 44.9 Å². The lowest BCUT2D eigenvalue weighted by atomic mass is 9.94. The van der Waals surface area contributed by atoms with Gasteiger partial charge in [0.25, 0.3) is 0 Å². The highest BCUT2D eigenvalue weighted by atomic mass is 32.2. The first-order chi connectivity index (χ1) is 15.1. The second-order valence-electron chi connectivity index (χ2n) is 7.83. The molecule has 1 atom stereocenters. The number of rotatable bonds is 3. The number of fused-ring (bicyclic) bond motifs is 1. The van der Waals surface area contributed by atoms with Gasteiger partial charge >= 0.3 is 0 Å². The zero-order valence-corrected chi connectivity index (χ0v) is 19.1. The molecule has 6 heteroatoms. The maximum absolute atomic E-state index is 14.2. The first kappa shape index (κ1) is 21.8. The molecule has 1 unspecified atom stereocenters. The largest absolute Gasteiger partial charge is 0.375 e. The first-order valence-corrected chi connectivity index (χ1v) is 11.9. The van der Waals surface area contributed by atoms with Crippen LogP contribution >= 0.6 is 11.8 Å². The molecule has 2 aliphatic heterocycles. The van der Waals surface area contributed by atoms with Crippen LogP contribution in [0.5, 0.6) is 0 Å². The summed E-state index contributed by atoms with van der Waals surface area (Å²) in [5.41, 5.74) is 6.87. The number of halogens is 2. The van der Waals surface area contributed by atoms with Crippen LogP contribution < -0.4 is 5.32 Å². The van der Waals surface area contributed by atoms with Crippen molar-refractivity contribution >= 4 is 11.8 Å². The van der Waals surface area contributed by atoms with E-state index in [1.807, 2.05) is 37.9 Å². The predicted octanol–water partition coefficient (Wildman–Crippen LogP) is 6.47. The molecule has 5 rings (SSSR count). The van der Waals surface area contributed by atoms with Crippen LogP contribution in [0, 0.1) is 11.6 Å². The lowest BCUT2D eigenvalue weighted by molar-refractivity contribution is 0.324. The van der Waals surface area contributed by atoms with Crippen molar-refractivity contribution in [2.75, 3.05) is 6.54 Å². The van der Waals surface area contributed by atoms with Crippen LogP contribution in [0.2, 0.25) is 0 Å². The fourth-order valence-electron chi connectivity index (χ4n) is 4.41. The maximum Gasteiger partial charge on any atom is 0.135 e. The highest BCUT2D eigenvalue weighted by Gasteiger charge is 2.26. The van der Waals surface area contributed by atoms with Gasteiger partial charge in [0.15, 0.2) is 0 Å². The second-order valence-corrected chi connectivity index (χ2v) is 8.84. The summed E-state index contributed by atoms with van der Waals surface area (Å²) in [6, 6.07) is 5.91. The van der Waals surface area contributed by atoms with Crippen LogP contribution in [-0.4, -0.2) is 21.8 Å². The van der Waals surface area contributed by atoms with E-state index in [1.54, 1.807) is 0 Å². The van der Waals surface area contributed by atoms with E-state index >= 15 is 0 Å². The highest BCUT2D eigenvalue weighted by Crippen LogP contribution is 2.36. The minimum absolute atomic E-state index is 0.0283. The number of allylic oxidation sites excluding steroid dienone is 2. The molecular weight excluding hydrogens is 412 g/mol. The Morgan fingerprint density at radius 3 is 2.58 bits per heavy atom. The van der Waals surface area contributed by atoms with Gasteiger partial charge in [0, 0.05) is 37.1 Å². The van der Waals surface area contributed by atoms with Crippen molar-refractivity contribution in [2.24, 2.45) is 0 Å². The summed E-state index contributed by atoms with van der Waals surface area (Å²) in [7, 11) is 0. The molecule has 1 aromatic heterocycles. The fraction of sp³-hybridized carbons (Fsp3) is 0.360. The molecule has 0 saturated heterocycles. The Balaban J connectivity index is 0.00000112. The van der Waals surface area contributed by atoms with Gasteiger partial charge in [-0.25, -0.2) is 8.78 Å². The normalized spacial score (nSPS) is 20.1. The maximum atomic E-state index is 14.2. The third kappa shape index (κ3) is 4.31. The number of benzene rings is 1. The van der Waals surface area contributed by atoms with Gasteiger partial charge in [0.2, 0.25) is 0 Å². The van der Waals surface area contributed by atoms with Crippen LogP contribution in [0.25, 0.3) is 11.3 Å². The second kappa shape index (κ2) is 9.35. The zero-order valence-electron chi connectivity index (χ0n) is 18.3. The summed E-state index contributed by atoms with van der Waals surface area (Å²) in [4.78, 5) is 5.66. The van der Waals surface area contributed by atoms with Gasteiger partial charge in [-0.1, -0.05) is 19.9 Å². The molecule has 2 aromatic rings. The highest BCUT2D eigenvalue weighted by molar-refractivity contribution is 8.03. The third-order valence-electron chi connectivity index (χ3n) is 5.97. The SMILES string of the molecule is CC.CC1=C(N2CCc3[nH]c(-c4c(F)cccc4F)cc3C2)C=C(C2NC=CS2)CC1. The molecule has 0 saturated carbocycles. The van der Waals surface area contributed by atoms with Crippen LogP contribution in [0.15, 0.2) is 58.8 Å². The lowest BCUT2D eigenvalue weighted by Crippen LogP contribution is -2.31. The van der Waals surface area contributed by atoms with Gasteiger partial charge in [-0.15, -0.1) is 11.8 Å². The van der Waals surface area contributed by atoms with Crippen molar-refractivity contribution in [2.45, 2.75) is 52.0 Å². The summed E-state index contributed by atoms with van der Waals surface area (Å²) in [5.74, 6) is -1.07. The molecule has 0 fully saturated rings. The fourth-order valence-corrected chi connectivity index (χ4v) is 5.24. The number of H-pyrrole nitrogens is 1. The van der Waals surface area contributed by atoms with Crippen molar-refractivity contribution < 1.29 is 8.78 Å². The molecule has 0 bridgehead atoms. The topological polar surface area (TPSA) is 31.1 Å². The Morgan fingerprint density at radius 1 is 1.10 bits per heavy atom. The van der Waals surface area contributed by atoms with E-state index in [0.29, 0.717) is 11.1 Å². The smallest absolute Gasteiger partial charge is 0.135 e. The van der Waals surface area contributed by atoms with Crippen LogP contribution in [-0.2, 0) is 13.0 Å². The van der Waals surface area contributed by atoms with E-state index in [0.717, 1.165) is 43.6 Å². The molecule has 0 amide bonds. The summed E-state index contributed by atoms with van der Waals surface area (Å²) >= 11 is 1.81. The number of thioether (sulfide) groups is 1. The Bertz CT molecular complexity index is 1020. The number of aromatic nitrogens is 1. The number of nitrogens with one attached hydrogen (secondary N) is 2. The van der Waals surface area contributed by atoms with Gasteiger partial charge in [0.1, 0.15) is 11.6 Å². The molecular formula is C25H29F2N3S. The van der Waals surface area contributed by atoms with E-state index in [9.17, 15) is 8.78 Å². The Hall–Kier alpha value is -2.47. The standard InChI is InChI=1S/C23H23F2N3S.C2H6/c1-14-5-6-15(23-26-8-10-29-23)12-21(14)28-9-7-19-16(13-28)11-20(27-19)22-17(24)3-2-4-18(22)25;1-2/h2-4,8,10-12,23,26-27H,5-7,9,13H2,1H3;1-2H3. The van der Waals surface area contributed by atoms with E-state index in [2.05, 4.69) is 33.6 Å². The van der Waals surface area contributed by atoms with Gasteiger partial charge in [-0.3, -0.25) is 0 Å². The van der Waals surface area contributed by atoms with Crippen molar-refractivity contribution in [3.8, 4) is 11.3 Å². The van der Waals surface area contributed by atoms with Crippen LogP contribution in [0.4, 0.5) is 8.78 Å². The monoisotopic (exact) mass is 441 g/mol. The van der Waals surface area contributed by atoms with Gasteiger partial charge in [-0.05, 0) is 66.2 Å². The summed E-state index contributed by atoms with van der Waals surface area (Å²) in [6.07, 6.45) is 7.34. The van der Waals surface area contributed by atoms with Crippen LogP contribution in [0.3, 0.4) is 0 Å². The van der Waals surface area contributed by atoms with Gasteiger partial charge in [0.05, 0.1) is 16.6 Å². The summed E-state index contributed by atoms with van der Waals surface area (Å²) in [5, 5.41) is 5.85. The number of aromatic amines is 1. The van der Waals surface area contributed by atoms with E-state index in [1.165, 1.54) is 35.0 Å². The lowest BCUT2D eigenvalue weighted by Gasteiger charge is -2.34. The van der Waals surface area contributed by atoms with Crippen molar-refractivity contribution in [1.29, 1.82) is 0 Å². The van der Waals surface area contributed by atoms with Crippen molar-refractivity contribution in [3.63, 3.8) is 0 Å². The van der Waals surface area contributed by atoms with E-state index < -0.39 is 11.6 Å². The quantitative estimate of drug-likeness (QED) is 0.572. The minimum Gasteiger partial charge on any atom is -0.375 e. The minimum atomic E-state index is -0.533. The van der Waals surface area contributed by atoms with Crippen molar-refractivity contribution in [1.82, 2.24) is 15.2 Å². The number of nitrogens with zero attached hydrogens (tertiary/aromatic N) is 1.